The molecule has 0 aliphatic carbocycles. The zero-order valence-corrected chi connectivity index (χ0v) is 27.1. The van der Waals surface area contributed by atoms with Crippen molar-refractivity contribution in [3.63, 3.8) is 0 Å². The van der Waals surface area contributed by atoms with Gasteiger partial charge in [-0.2, -0.15) is 0 Å². The molecular formula is C30H34Cl3N3O5S. The van der Waals surface area contributed by atoms with E-state index in [1.54, 1.807) is 24.3 Å². The van der Waals surface area contributed by atoms with E-state index in [0.717, 1.165) is 16.1 Å². The number of amides is 2. The van der Waals surface area contributed by atoms with Gasteiger partial charge in [0.2, 0.25) is 21.8 Å². The third-order valence-electron chi connectivity index (χ3n) is 6.21. The lowest BCUT2D eigenvalue weighted by Gasteiger charge is -2.35. The maximum atomic E-state index is 14.2. The molecular weight excluding hydrogens is 621 g/mol. The molecule has 226 valence electrons. The number of carbonyl (C=O) groups excluding carboxylic acids is 2. The standard InChI is InChI=1S/C30H34Cl3N3O5S/c1-30(2,3)34-29(38)26(15-20-9-7-6-8-10-20)35(18-21-11-12-22(31)16-24(21)33)28(37)19-36(42(5,39)40)25-17-23(32)13-14-27(25)41-4/h6-14,16-17,26H,15,18-19H2,1-5H3,(H,34,38)/t26-/m0/s1. The smallest absolute Gasteiger partial charge is 0.244 e. The molecule has 0 saturated heterocycles. The van der Waals surface area contributed by atoms with Crippen LogP contribution in [-0.2, 0) is 32.6 Å². The fourth-order valence-corrected chi connectivity index (χ4v) is 5.77. The topological polar surface area (TPSA) is 96.0 Å². The van der Waals surface area contributed by atoms with Crippen molar-refractivity contribution in [2.24, 2.45) is 0 Å². The molecule has 8 nitrogen and oxygen atoms in total. The molecule has 0 radical (unpaired) electrons. The van der Waals surface area contributed by atoms with Gasteiger partial charge in [-0.1, -0.05) is 71.2 Å². The Morgan fingerprint density at radius 2 is 1.57 bits per heavy atom. The van der Waals surface area contributed by atoms with Crippen LogP contribution in [0.15, 0.2) is 66.7 Å². The number of anilines is 1. The van der Waals surface area contributed by atoms with E-state index in [0.29, 0.717) is 15.6 Å². The Morgan fingerprint density at radius 1 is 0.952 bits per heavy atom. The molecule has 0 saturated carbocycles. The van der Waals surface area contributed by atoms with Crippen LogP contribution in [0.2, 0.25) is 15.1 Å². The molecule has 1 atom stereocenters. The molecule has 0 unspecified atom stereocenters. The van der Waals surface area contributed by atoms with Gasteiger partial charge in [-0.05, 0) is 62.2 Å². The number of nitrogens with one attached hydrogen (secondary N) is 1. The van der Waals surface area contributed by atoms with Gasteiger partial charge in [-0.15, -0.1) is 0 Å². The van der Waals surface area contributed by atoms with Crippen molar-refractivity contribution >= 4 is 62.3 Å². The van der Waals surface area contributed by atoms with Crippen LogP contribution in [0.5, 0.6) is 5.75 Å². The minimum Gasteiger partial charge on any atom is -0.495 e. The largest absolute Gasteiger partial charge is 0.495 e. The Hall–Kier alpha value is -2.98. The third kappa shape index (κ3) is 9.26. The van der Waals surface area contributed by atoms with Crippen LogP contribution in [0.3, 0.4) is 0 Å². The van der Waals surface area contributed by atoms with Gasteiger partial charge >= 0.3 is 0 Å². The highest BCUT2D eigenvalue weighted by atomic mass is 35.5. The molecule has 0 heterocycles. The number of hydrogen-bond donors (Lipinski definition) is 1. The first-order valence-corrected chi connectivity index (χ1v) is 16.0. The molecule has 0 aromatic heterocycles. The van der Waals surface area contributed by atoms with Crippen LogP contribution >= 0.6 is 34.8 Å². The molecule has 3 aromatic rings. The van der Waals surface area contributed by atoms with Crippen molar-refractivity contribution in [1.82, 2.24) is 10.2 Å². The maximum Gasteiger partial charge on any atom is 0.244 e. The van der Waals surface area contributed by atoms with Gasteiger partial charge in [0.25, 0.3) is 0 Å². The lowest BCUT2D eigenvalue weighted by atomic mass is 10.0. The second kappa shape index (κ2) is 14.0. The number of methoxy groups -OCH3 is 1. The number of halogens is 3. The van der Waals surface area contributed by atoms with E-state index in [9.17, 15) is 18.0 Å². The molecule has 0 aliphatic heterocycles. The summed E-state index contributed by atoms with van der Waals surface area (Å²) < 4.78 is 32.4. The summed E-state index contributed by atoms with van der Waals surface area (Å²) in [4.78, 5) is 29.4. The first-order valence-electron chi connectivity index (χ1n) is 13.0. The normalized spacial score (nSPS) is 12.4. The van der Waals surface area contributed by atoms with Gasteiger partial charge < -0.3 is 15.0 Å². The number of benzene rings is 3. The highest BCUT2D eigenvalue weighted by molar-refractivity contribution is 7.92. The SMILES string of the molecule is COc1ccc(Cl)cc1N(CC(=O)N(Cc1ccc(Cl)cc1Cl)[C@@H](Cc1ccccc1)C(=O)NC(C)(C)C)S(C)(=O)=O. The number of nitrogens with zero attached hydrogens (tertiary/aromatic N) is 2. The summed E-state index contributed by atoms with van der Waals surface area (Å²) in [5.41, 5.74) is 0.820. The predicted molar refractivity (Wildman–Crippen MR) is 169 cm³/mol. The van der Waals surface area contributed by atoms with Crippen molar-refractivity contribution in [2.75, 3.05) is 24.2 Å². The quantitative estimate of drug-likeness (QED) is 0.275. The van der Waals surface area contributed by atoms with Crippen molar-refractivity contribution in [2.45, 2.75) is 45.3 Å². The van der Waals surface area contributed by atoms with E-state index < -0.39 is 40.0 Å². The Kier molecular flexibility index (Phi) is 11.2. The van der Waals surface area contributed by atoms with Crippen LogP contribution < -0.4 is 14.4 Å². The molecule has 0 bridgehead atoms. The predicted octanol–water partition coefficient (Wildman–Crippen LogP) is 5.98. The summed E-state index contributed by atoms with van der Waals surface area (Å²) in [5.74, 6) is -0.842. The molecule has 12 heteroatoms. The second-order valence-corrected chi connectivity index (χ2v) is 14.0. The number of sulfonamides is 1. The summed E-state index contributed by atoms with van der Waals surface area (Å²) in [6.45, 7) is 4.79. The third-order valence-corrected chi connectivity index (χ3v) is 8.16. The molecule has 1 N–H and O–H groups in total. The van der Waals surface area contributed by atoms with E-state index in [-0.39, 0.29) is 29.4 Å². The Balaban J connectivity index is 2.15. The fourth-order valence-electron chi connectivity index (χ4n) is 4.29. The van der Waals surface area contributed by atoms with Crippen LogP contribution in [-0.4, -0.2) is 56.6 Å². The zero-order chi connectivity index (χ0) is 31.2. The van der Waals surface area contributed by atoms with E-state index in [1.165, 1.54) is 24.1 Å². The number of rotatable bonds is 11. The monoisotopic (exact) mass is 653 g/mol. The van der Waals surface area contributed by atoms with E-state index >= 15 is 0 Å². The summed E-state index contributed by atoms with van der Waals surface area (Å²) in [6.07, 6.45) is 1.15. The second-order valence-electron chi connectivity index (χ2n) is 10.8. The highest BCUT2D eigenvalue weighted by Crippen LogP contribution is 2.33. The first-order chi connectivity index (χ1) is 19.6. The molecule has 0 spiro atoms. The molecule has 2 amide bonds. The average molecular weight is 655 g/mol. The van der Waals surface area contributed by atoms with Crippen LogP contribution in [0.1, 0.15) is 31.9 Å². The van der Waals surface area contributed by atoms with Crippen molar-refractivity contribution in [1.29, 1.82) is 0 Å². The minimum absolute atomic E-state index is 0.0871. The summed E-state index contributed by atoms with van der Waals surface area (Å²) in [7, 11) is -2.63. The van der Waals surface area contributed by atoms with Crippen molar-refractivity contribution < 1.29 is 22.7 Å². The fraction of sp³-hybridized carbons (Fsp3) is 0.333. The lowest BCUT2D eigenvalue weighted by Crippen LogP contribution is -2.56. The zero-order valence-electron chi connectivity index (χ0n) is 24.0. The van der Waals surface area contributed by atoms with Crippen molar-refractivity contribution in [3.05, 3.63) is 92.9 Å². The molecule has 3 rings (SSSR count). The molecule has 0 aliphatic rings. The van der Waals surface area contributed by atoms with Crippen LogP contribution in [0.25, 0.3) is 0 Å². The van der Waals surface area contributed by atoms with Gasteiger partial charge in [0, 0.05) is 33.6 Å². The van der Waals surface area contributed by atoms with Crippen molar-refractivity contribution in [3.8, 4) is 5.75 Å². The Bertz CT molecular complexity index is 1530. The number of ether oxygens (including phenoxy) is 1. The average Bonchev–Trinajstić information content (AvgIpc) is 2.89. The van der Waals surface area contributed by atoms with Gasteiger partial charge in [0.05, 0.1) is 19.1 Å². The van der Waals surface area contributed by atoms with Gasteiger partial charge in [-0.3, -0.25) is 13.9 Å². The molecule has 42 heavy (non-hydrogen) atoms. The number of carbonyl (C=O) groups is 2. The van der Waals surface area contributed by atoms with E-state index in [2.05, 4.69) is 5.32 Å². The number of hydrogen-bond acceptors (Lipinski definition) is 5. The molecule has 0 fully saturated rings. The summed E-state index contributed by atoms with van der Waals surface area (Å²) >= 11 is 18.8. The van der Waals surface area contributed by atoms with Gasteiger partial charge in [0.1, 0.15) is 18.3 Å². The maximum absolute atomic E-state index is 14.2. The first kappa shape index (κ1) is 33.5. The Morgan fingerprint density at radius 3 is 2.14 bits per heavy atom. The van der Waals surface area contributed by atoms with E-state index in [1.807, 2.05) is 51.1 Å². The Labute approximate surface area is 262 Å². The van der Waals surface area contributed by atoms with E-state index in [4.69, 9.17) is 39.5 Å². The minimum atomic E-state index is -4.01. The van der Waals surface area contributed by atoms with Gasteiger partial charge in [-0.25, -0.2) is 8.42 Å². The summed E-state index contributed by atoms with van der Waals surface area (Å²) in [5, 5.41) is 3.93. The summed E-state index contributed by atoms with van der Waals surface area (Å²) in [6, 6.07) is 17.5. The molecule has 3 aromatic carbocycles. The van der Waals surface area contributed by atoms with Gasteiger partial charge in [0.15, 0.2) is 0 Å². The van der Waals surface area contributed by atoms with Crippen LogP contribution in [0, 0.1) is 0 Å². The van der Waals surface area contributed by atoms with Crippen LogP contribution in [0.4, 0.5) is 5.69 Å². The lowest BCUT2D eigenvalue weighted by molar-refractivity contribution is -0.140. The highest BCUT2D eigenvalue weighted by Gasteiger charge is 2.35.